The van der Waals surface area contributed by atoms with E-state index in [4.69, 9.17) is 9.47 Å². The maximum atomic E-state index is 12.7. The van der Waals surface area contributed by atoms with Crippen molar-refractivity contribution >= 4 is 23.1 Å². The molecule has 0 saturated heterocycles. The van der Waals surface area contributed by atoms with E-state index in [0.717, 1.165) is 16.8 Å². The molecule has 1 heterocycles. The number of aromatic nitrogens is 1. The number of pyridine rings is 1. The average molecular weight is 377 g/mol. The highest BCUT2D eigenvalue weighted by Gasteiger charge is 2.12. The molecule has 0 unspecified atom stereocenters. The highest BCUT2D eigenvalue weighted by molar-refractivity contribution is 6.05. The number of aryl methyl sites for hydroxylation is 2. The molecule has 1 aromatic heterocycles. The number of amides is 1. The minimum absolute atomic E-state index is 0.255. The van der Waals surface area contributed by atoms with E-state index in [9.17, 15) is 4.79 Å². The number of ether oxygens (including phenoxy) is 2. The molecule has 2 aromatic carbocycles. The van der Waals surface area contributed by atoms with Gasteiger partial charge in [-0.1, -0.05) is 12.1 Å². The zero-order valence-electron chi connectivity index (χ0n) is 16.4. The summed E-state index contributed by atoms with van der Waals surface area (Å²) in [6.45, 7) is 4.05. The van der Waals surface area contributed by atoms with Crippen LogP contribution in [0.4, 0.5) is 17.2 Å². The summed E-state index contributed by atoms with van der Waals surface area (Å²) in [7, 11) is 3.12. The van der Waals surface area contributed by atoms with Crippen LogP contribution >= 0.6 is 0 Å². The van der Waals surface area contributed by atoms with E-state index < -0.39 is 0 Å². The van der Waals surface area contributed by atoms with E-state index in [1.807, 2.05) is 26.0 Å². The van der Waals surface area contributed by atoms with Gasteiger partial charge in [0.1, 0.15) is 17.3 Å². The zero-order valence-corrected chi connectivity index (χ0v) is 16.4. The molecule has 0 atom stereocenters. The van der Waals surface area contributed by atoms with Gasteiger partial charge in [-0.2, -0.15) is 0 Å². The van der Waals surface area contributed by atoms with Crippen molar-refractivity contribution in [3.8, 4) is 11.5 Å². The fourth-order valence-electron chi connectivity index (χ4n) is 2.74. The third-order valence-electron chi connectivity index (χ3n) is 4.33. The van der Waals surface area contributed by atoms with Gasteiger partial charge in [-0.15, -0.1) is 0 Å². The molecule has 0 aliphatic carbocycles. The van der Waals surface area contributed by atoms with Crippen molar-refractivity contribution in [2.75, 3.05) is 24.9 Å². The zero-order chi connectivity index (χ0) is 20.1. The Kier molecular flexibility index (Phi) is 5.79. The molecule has 0 bridgehead atoms. The molecule has 0 radical (unpaired) electrons. The fraction of sp³-hybridized carbons (Fsp3) is 0.182. The van der Waals surface area contributed by atoms with Crippen LogP contribution in [0.3, 0.4) is 0 Å². The van der Waals surface area contributed by atoms with Gasteiger partial charge in [0.05, 0.1) is 19.9 Å². The first-order valence-corrected chi connectivity index (χ1v) is 8.84. The van der Waals surface area contributed by atoms with Crippen molar-refractivity contribution in [1.29, 1.82) is 0 Å². The number of carbonyl (C=O) groups is 1. The van der Waals surface area contributed by atoms with Crippen molar-refractivity contribution in [2.45, 2.75) is 13.8 Å². The number of nitrogens with one attached hydrogen (secondary N) is 2. The van der Waals surface area contributed by atoms with Crippen molar-refractivity contribution in [3.05, 3.63) is 71.4 Å². The molecule has 0 aliphatic heterocycles. The lowest BCUT2D eigenvalue weighted by molar-refractivity contribution is 0.102. The van der Waals surface area contributed by atoms with Crippen LogP contribution in [0.1, 0.15) is 21.5 Å². The molecular formula is C22H23N3O3. The number of hydrogen-bond acceptors (Lipinski definition) is 5. The van der Waals surface area contributed by atoms with E-state index in [-0.39, 0.29) is 5.91 Å². The van der Waals surface area contributed by atoms with Crippen LogP contribution in [0.5, 0.6) is 11.5 Å². The number of nitrogens with zero attached hydrogens (tertiary/aromatic N) is 1. The van der Waals surface area contributed by atoms with Crippen molar-refractivity contribution < 1.29 is 14.3 Å². The first kappa shape index (κ1) is 19.2. The molecule has 0 spiro atoms. The van der Waals surface area contributed by atoms with Crippen molar-refractivity contribution in [1.82, 2.24) is 4.98 Å². The summed E-state index contributed by atoms with van der Waals surface area (Å²) < 4.78 is 10.5. The monoisotopic (exact) mass is 377 g/mol. The molecule has 1 amide bonds. The number of rotatable bonds is 6. The maximum Gasteiger partial charge on any atom is 0.255 e. The predicted molar refractivity (Wildman–Crippen MR) is 111 cm³/mol. The Morgan fingerprint density at radius 1 is 0.929 bits per heavy atom. The summed E-state index contributed by atoms with van der Waals surface area (Å²) >= 11 is 0. The minimum atomic E-state index is -0.255. The molecule has 3 aromatic rings. The fourth-order valence-corrected chi connectivity index (χ4v) is 2.74. The Labute approximate surface area is 164 Å². The Morgan fingerprint density at radius 2 is 1.75 bits per heavy atom. The largest absolute Gasteiger partial charge is 0.497 e. The molecule has 0 fully saturated rings. The molecule has 144 valence electrons. The summed E-state index contributed by atoms with van der Waals surface area (Å²) in [6, 6.07) is 14.8. The van der Waals surface area contributed by atoms with Crippen LogP contribution < -0.4 is 20.1 Å². The van der Waals surface area contributed by atoms with Gasteiger partial charge in [0.2, 0.25) is 0 Å². The van der Waals surface area contributed by atoms with Gasteiger partial charge < -0.3 is 20.1 Å². The molecule has 2 N–H and O–H groups in total. The number of benzene rings is 2. The Bertz CT molecular complexity index is 1000. The van der Waals surface area contributed by atoms with Gasteiger partial charge in [0.25, 0.3) is 5.91 Å². The molecular weight excluding hydrogens is 354 g/mol. The van der Waals surface area contributed by atoms with Gasteiger partial charge in [0, 0.05) is 23.5 Å². The lowest BCUT2D eigenvalue weighted by atomic mass is 10.1. The van der Waals surface area contributed by atoms with Gasteiger partial charge in [-0.3, -0.25) is 4.79 Å². The van der Waals surface area contributed by atoms with Gasteiger partial charge in [-0.05, 0) is 55.3 Å². The highest BCUT2D eigenvalue weighted by Crippen LogP contribution is 2.29. The van der Waals surface area contributed by atoms with Crippen LogP contribution in [-0.2, 0) is 0 Å². The smallest absolute Gasteiger partial charge is 0.255 e. The van der Waals surface area contributed by atoms with Crippen LogP contribution in [0.2, 0.25) is 0 Å². The standard InChI is InChI=1S/C22H23N3O3/c1-14-5-6-15(2)19(11-14)24-21-12-16(9-10-23-21)22(26)25-18-8-7-17(27-3)13-20(18)28-4/h5-13H,1-4H3,(H,23,24)(H,25,26). The second-order valence-electron chi connectivity index (χ2n) is 6.39. The van der Waals surface area contributed by atoms with Crippen LogP contribution in [-0.4, -0.2) is 25.1 Å². The minimum Gasteiger partial charge on any atom is -0.497 e. The van der Waals surface area contributed by atoms with Crippen LogP contribution in [0.25, 0.3) is 0 Å². The first-order chi connectivity index (χ1) is 13.5. The van der Waals surface area contributed by atoms with E-state index >= 15 is 0 Å². The van der Waals surface area contributed by atoms with E-state index in [1.165, 1.54) is 0 Å². The average Bonchev–Trinajstić information content (AvgIpc) is 2.71. The van der Waals surface area contributed by atoms with Gasteiger partial charge in [-0.25, -0.2) is 4.98 Å². The molecule has 6 nitrogen and oxygen atoms in total. The van der Waals surface area contributed by atoms with E-state index in [0.29, 0.717) is 28.6 Å². The molecule has 0 saturated carbocycles. The van der Waals surface area contributed by atoms with E-state index in [2.05, 4.69) is 21.7 Å². The molecule has 3 rings (SSSR count). The molecule has 6 heteroatoms. The lowest BCUT2D eigenvalue weighted by Gasteiger charge is -2.13. The normalized spacial score (nSPS) is 10.3. The second kappa shape index (κ2) is 8.43. The summed E-state index contributed by atoms with van der Waals surface area (Å²) in [6.07, 6.45) is 1.60. The lowest BCUT2D eigenvalue weighted by Crippen LogP contribution is -2.13. The summed E-state index contributed by atoms with van der Waals surface area (Å²) in [5.74, 6) is 1.52. The Morgan fingerprint density at radius 3 is 2.50 bits per heavy atom. The highest BCUT2D eigenvalue weighted by atomic mass is 16.5. The third kappa shape index (κ3) is 4.40. The Balaban J connectivity index is 1.80. The number of carbonyl (C=O) groups excluding carboxylic acids is 1. The van der Waals surface area contributed by atoms with Gasteiger partial charge in [0.15, 0.2) is 0 Å². The maximum absolute atomic E-state index is 12.7. The summed E-state index contributed by atoms with van der Waals surface area (Å²) in [4.78, 5) is 17.0. The number of methoxy groups -OCH3 is 2. The molecule has 0 aliphatic rings. The quantitative estimate of drug-likeness (QED) is 0.651. The van der Waals surface area contributed by atoms with Crippen molar-refractivity contribution in [3.63, 3.8) is 0 Å². The predicted octanol–water partition coefficient (Wildman–Crippen LogP) is 4.71. The SMILES string of the molecule is COc1ccc(NC(=O)c2ccnc(Nc3cc(C)ccc3C)c2)c(OC)c1. The second-order valence-corrected chi connectivity index (χ2v) is 6.39. The molecule has 28 heavy (non-hydrogen) atoms. The summed E-state index contributed by atoms with van der Waals surface area (Å²) in [5.41, 5.74) is 4.26. The number of anilines is 3. The topological polar surface area (TPSA) is 72.5 Å². The van der Waals surface area contributed by atoms with Crippen LogP contribution in [0, 0.1) is 13.8 Å². The third-order valence-corrected chi connectivity index (χ3v) is 4.33. The first-order valence-electron chi connectivity index (χ1n) is 8.84. The Hall–Kier alpha value is -3.54. The van der Waals surface area contributed by atoms with E-state index in [1.54, 1.807) is 50.7 Å². The van der Waals surface area contributed by atoms with Gasteiger partial charge >= 0.3 is 0 Å². The number of hydrogen-bond donors (Lipinski definition) is 2. The van der Waals surface area contributed by atoms with Crippen molar-refractivity contribution in [2.24, 2.45) is 0 Å². The summed E-state index contributed by atoms with van der Waals surface area (Å²) in [5, 5.41) is 6.14. The van der Waals surface area contributed by atoms with Crippen LogP contribution in [0.15, 0.2) is 54.7 Å².